The van der Waals surface area contributed by atoms with E-state index in [9.17, 15) is 4.79 Å². The molecular weight excluding hydrogens is 534 g/mol. The molecule has 0 aliphatic carbocycles. The summed E-state index contributed by atoms with van der Waals surface area (Å²) in [5.74, 6) is 1.82. The van der Waals surface area contributed by atoms with Gasteiger partial charge in [0.1, 0.15) is 0 Å². The Kier molecular flexibility index (Phi) is 7.42. The van der Waals surface area contributed by atoms with Crippen LogP contribution in [0.4, 0.5) is 0 Å². The minimum Gasteiger partial charge on any atom is -0.493 e. The number of ether oxygens (including phenoxy) is 2. The summed E-state index contributed by atoms with van der Waals surface area (Å²) in [6.45, 7) is 2.68. The van der Waals surface area contributed by atoms with E-state index in [4.69, 9.17) is 14.6 Å². The fraction of sp³-hybridized carbons (Fsp3) is 0.125. The molecule has 0 saturated carbocycles. The van der Waals surface area contributed by atoms with Crippen LogP contribution in [-0.4, -0.2) is 38.1 Å². The van der Waals surface area contributed by atoms with E-state index in [-0.39, 0.29) is 5.56 Å². The molecule has 0 radical (unpaired) electrons. The molecule has 6 aromatic rings. The minimum absolute atomic E-state index is 0.220. The van der Waals surface area contributed by atoms with Crippen LogP contribution in [0.1, 0.15) is 30.3 Å². The quantitative estimate of drug-likeness (QED) is 0.231. The summed E-state index contributed by atoms with van der Waals surface area (Å²) in [4.78, 5) is 18.4. The van der Waals surface area contributed by atoms with Crippen molar-refractivity contribution in [3.8, 4) is 28.4 Å². The van der Waals surface area contributed by atoms with Gasteiger partial charge in [-0.1, -0.05) is 78.9 Å². The molecule has 3 heterocycles. The van der Waals surface area contributed by atoms with Crippen LogP contribution in [0.2, 0.25) is 0 Å². The second-order valence-electron chi connectivity index (χ2n) is 9.25. The van der Waals surface area contributed by atoms with Crippen LogP contribution in [-0.2, 0) is 0 Å². The van der Waals surface area contributed by atoms with Gasteiger partial charge in [-0.05, 0) is 48.4 Å². The molecule has 6 rings (SSSR count). The average molecular weight is 562 g/mol. The molecule has 204 valence electrons. The monoisotopic (exact) mass is 561 g/mol. The highest BCUT2D eigenvalue weighted by atomic mass is 32.1. The van der Waals surface area contributed by atoms with Gasteiger partial charge in [-0.25, -0.2) is 4.68 Å². The van der Waals surface area contributed by atoms with Crippen molar-refractivity contribution in [2.45, 2.75) is 13.3 Å². The molecule has 0 amide bonds. The third kappa shape index (κ3) is 5.53. The van der Waals surface area contributed by atoms with E-state index in [0.29, 0.717) is 33.4 Å². The van der Waals surface area contributed by atoms with Gasteiger partial charge in [0, 0.05) is 17.3 Å². The van der Waals surface area contributed by atoms with Crippen molar-refractivity contribution in [3.63, 3.8) is 0 Å². The second-order valence-corrected chi connectivity index (χ2v) is 10.3. The number of hydrogen-bond acceptors (Lipinski definition) is 7. The van der Waals surface area contributed by atoms with Gasteiger partial charge in [-0.2, -0.15) is 14.6 Å². The number of benzene rings is 3. The van der Waals surface area contributed by atoms with Gasteiger partial charge in [0.25, 0.3) is 5.56 Å². The SMILES string of the molecule is CCCOc1ccc(/C=C/c2nc3s/c(=C\c4cn(-c5ccccc5)nc4-c4ccccc4)c(=O)n3n2)cc1OC. The molecule has 0 unspecified atom stereocenters. The molecule has 0 atom stereocenters. The molecule has 3 aromatic heterocycles. The predicted octanol–water partition coefficient (Wildman–Crippen LogP) is 5.52. The number of aromatic nitrogens is 5. The highest BCUT2D eigenvalue weighted by Crippen LogP contribution is 2.29. The number of rotatable bonds is 9. The standard InChI is InChI=1S/C32H27N5O3S/c1-3-18-40-26-16-14-22(19-27(26)39-2)15-17-29-33-32-37(34-29)31(38)28(41-32)20-24-21-36(25-12-8-5-9-13-25)35-30(24)23-10-6-4-7-11-23/h4-17,19-21H,3,18H2,1-2H3/b17-15+,28-20-. The summed E-state index contributed by atoms with van der Waals surface area (Å²) in [6, 6.07) is 25.6. The Labute approximate surface area is 240 Å². The van der Waals surface area contributed by atoms with Crippen molar-refractivity contribution in [2.24, 2.45) is 0 Å². The summed E-state index contributed by atoms with van der Waals surface area (Å²) in [6.07, 6.45) is 8.38. The lowest BCUT2D eigenvalue weighted by Gasteiger charge is -2.10. The Bertz CT molecular complexity index is 1940. The zero-order valence-corrected chi connectivity index (χ0v) is 23.4. The maximum atomic E-state index is 13.3. The zero-order chi connectivity index (χ0) is 28.2. The average Bonchev–Trinajstić information content (AvgIpc) is 3.70. The van der Waals surface area contributed by atoms with E-state index in [1.165, 1.54) is 15.9 Å². The van der Waals surface area contributed by atoms with Crippen molar-refractivity contribution < 1.29 is 9.47 Å². The van der Waals surface area contributed by atoms with Crippen molar-refractivity contribution in [1.29, 1.82) is 0 Å². The normalized spacial score (nSPS) is 12.0. The molecule has 3 aromatic carbocycles. The Balaban J connectivity index is 1.32. The Morgan fingerprint density at radius 1 is 0.927 bits per heavy atom. The van der Waals surface area contributed by atoms with Crippen LogP contribution >= 0.6 is 11.3 Å². The molecule has 9 heteroatoms. The molecule has 0 saturated heterocycles. The van der Waals surface area contributed by atoms with Crippen LogP contribution in [0.25, 0.3) is 40.1 Å². The first kappa shape index (κ1) is 26.2. The Hall–Kier alpha value is -5.02. The van der Waals surface area contributed by atoms with Gasteiger partial charge in [-0.15, -0.1) is 5.10 Å². The predicted molar refractivity (Wildman–Crippen MR) is 163 cm³/mol. The smallest absolute Gasteiger partial charge is 0.291 e. The van der Waals surface area contributed by atoms with Gasteiger partial charge in [0.15, 0.2) is 17.3 Å². The van der Waals surface area contributed by atoms with Crippen molar-refractivity contribution >= 4 is 34.5 Å². The molecule has 8 nitrogen and oxygen atoms in total. The number of fused-ring (bicyclic) bond motifs is 1. The Morgan fingerprint density at radius 2 is 1.71 bits per heavy atom. The second kappa shape index (κ2) is 11.6. The molecular formula is C32H27N5O3S. The summed E-state index contributed by atoms with van der Waals surface area (Å²) in [5, 5.41) is 9.29. The first-order chi connectivity index (χ1) is 20.1. The lowest BCUT2D eigenvalue weighted by molar-refractivity contribution is 0.294. The molecule has 0 aliphatic heterocycles. The molecule has 0 bridgehead atoms. The molecule has 0 fully saturated rings. The summed E-state index contributed by atoms with van der Waals surface area (Å²) >= 11 is 1.30. The summed E-state index contributed by atoms with van der Waals surface area (Å²) in [7, 11) is 1.62. The van der Waals surface area contributed by atoms with Gasteiger partial charge in [0.05, 0.1) is 29.6 Å². The van der Waals surface area contributed by atoms with Gasteiger partial charge in [0.2, 0.25) is 4.96 Å². The third-order valence-corrected chi connectivity index (χ3v) is 7.33. The third-order valence-electron chi connectivity index (χ3n) is 6.37. The zero-order valence-electron chi connectivity index (χ0n) is 22.6. The summed E-state index contributed by atoms with van der Waals surface area (Å²) in [5.41, 5.74) is 4.22. The van der Waals surface area contributed by atoms with Crippen LogP contribution in [0.5, 0.6) is 11.5 Å². The van der Waals surface area contributed by atoms with Crippen molar-refractivity contribution in [2.75, 3.05) is 13.7 Å². The first-order valence-corrected chi connectivity index (χ1v) is 14.1. The van der Waals surface area contributed by atoms with Crippen LogP contribution in [0.15, 0.2) is 89.9 Å². The number of methoxy groups -OCH3 is 1. The fourth-order valence-electron chi connectivity index (χ4n) is 4.38. The highest BCUT2D eigenvalue weighted by Gasteiger charge is 2.14. The lowest BCUT2D eigenvalue weighted by Crippen LogP contribution is -2.23. The van der Waals surface area contributed by atoms with Crippen LogP contribution < -0.4 is 19.6 Å². The van der Waals surface area contributed by atoms with Crippen molar-refractivity contribution in [3.05, 3.63) is 117 Å². The van der Waals surface area contributed by atoms with E-state index >= 15 is 0 Å². The largest absolute Gasteiger partial charge is 0.493 e. The maximum Gasteiger partial charge on any atom is 0.291 e. The lowest BCUT2D eigenvalue weighted by atomic mass is 10.1. The summed E-state index contributed by atoms with van der Waals surface area (Å²) < 4.78 is 14.9. The molecule has 0 N–H and O–H groups in total. The van der Waals surface area contributed by atoms with Gasteiger partial charge >= 0.3 is 0 Å². The molecule has 0 aliphatic rings. The molecule has 41 heavy (non-hydrogen) atoms. The van der Waals surface area contributed by atoms with Crippen molar-refractivity contribution in [1.82, 2.24) is 24.4 Å². The number of nitrogens with zero attached hydrogens (tertiary/aromatic N) is 5. The van der Waals surface area contributed by atoms with E-state index in [1.807, 2.05) is 102 Å². The van der Waals surface area contributed by atoms with Gasteiger partial charge in [-0.3, -0.25) is 4.79 Å². The van der Waals surface area contributed by atoms with Crippen LogP contribution in [0, 0.1) is 0 Å². The number of hydrogen-bond donors (Lipinski definition) is 0. The van der Waals surface area contributed by atoms with Gasteiger partial charge < -0.3 is 9.47 Å². The highest BCUT2D eigenvalue weighted by molar-refractivity contribution is 7.15. The number of para-hydroxylation sites is 1. The van der Waals surface area contributed by atoms with E-state index in [0.717, 1.165) is 34.5 Å². The number of thiazole rings is 1. The maximum absolute atomic E-state index is 13.3. The Morgan fingerprint density at radius 3 is 2.44 bits per heavy atom. The first-order valence-electron chi connectivity index (χ1n) is 13.2. The topological polar surface area (TPSA) is 83.5 Å². The van der Waals surface area contributed by atoms with E-state index in [2.05, 4.69) is 17.0 Å². The van der Waals surface area contributed by atoms with Crippen LogP contribution in [0.3, 0.4) is 0 Å². The molecule has 0 spiro atoms. The van der Waals surface area contributed by atoms with E-state index in [1.54, 1.807) is 13.2 Å². The fourth-order valence-corrected chi connectivity index (χ4v) is 5.28. The minimum atomic E-state index is -0.220. The van der Waals surface area contributed by atoms with E-state index < -0.39 is 0 Å².